The van der Waals surface area contributed by atoms with Gasteiger partial charge in [-0.05, 0) is 32.1 Å². The summed E-state index contributed by atoms with van der Waals surface area (Å²) in [7, 11) is 0. The molecule has 3 N–H and O–H groups in total. The number of nitrogens with one attached hydrogen (secondary N) is 1. The largest absolute Gasteiger partial charge is 0.348 e. The summed E-state index contributed by atoms with van der Waals surface area (Å²) >= 11 is 0. The summed E-state index contributed by atoms with van der Waals surface area (Å²) in [6.45, 7) is 3.34. The number of carbonyl (C=O) groups is 2. The second-order valence-electron chi connectivity index (χ2n) is 5.36. The summed E-state index contributed by atoms with van der Waals surface area (Å²) in [4.78, 5) is 24.9. The first kappa shape index (κ1) is 15.2. The van der Waals surface area contributed by atoms with E-state index in [2.05, 4.69) is 5.32 Å². The van der Waals surface area contributed by atoms with E-state index in [1.54, 1.807) is 4.90 Å². The van der Waals surface area contributed by atoms with E-state index >= 15 is 0 Å². The highest BCUT2D eigenvalue weighted by atomic mass is 35.5. The van der Waals surface area contributed by atoms with Gasteiger partial charge >= 0.3 is 0 Å². The maximum absolute atomic E-state index is 11.9. The summed E-state index contributed by atoms with van der Waals surface area (Å²) in [5, 5.41) is 2.99. The van der Waals surface area contributed by atoms with Crippen LogP contribution in [0.5, 0.6) is 0 Å². The van der Waals surface area contributed by atoms with Crippen LogP contribution in [0.2, 0.25) is 0 Å². The van der Waals surface area contributed by atoms with E-state index in [4.69, 9.17) is 5.73 Å². The maximum atomic E-state index is 11.9. The number of carbonyl (C=O) groups excluding carboxylic acids is 2. The number of amides is 2. The van der Waals surface area contributed by atoms with E-state index < -0.39 is 0 Å². The van der Waals surface area contributed by atoms with Crippen molar-refractivity contribution in [3.63, 3.8) is 0 Å². The van der Waals surface area contributed by atoms with Crippen LogP contribution in [0.1, 0.15) is 32.6 Å². The quantitative estimate of drug-likeness (QED) is 0.756. The van der Waals surface area contributed by atoms with Crippen LogP contribution in [0, 0.1) is 5.92 Å². The van der Waals surface area contributed by atoms with E-state index in [1.165, 1.54) is 0 Å². The molecule has 2 aliphatic rings. The molecular formula is C12H22ClN3O2. The van der Waals surface area contributed by atoms with Crippen molar-refractivity contribution in [1.82, 2.24) is 10.2 Å². The van der Waals surface area contributed by atoms with E-state index in [0.717, 1.165) is 19.3 Å². The molecule has 18 heavy (non-hydrogen) atoms. The fourth-order valence-electron chi connectivity index (χ4n) is 2.44. The first-order valence-corrected chi connectivity index (χ1v) is 6.34. The summed E-state index contributed by atoms with van der Waals surface area (Å²) in [6.07, 6.45) is 3.71. The van der Waals surface area contributed by atoms with Crippen LogP contribution in [0.4, 0.5) is 0 Å². The maximum Gasteiger partial charge on any atom is 0.240 e. The first-order chi connectivity index (χ1) is 8.05. The van der Waals surface area contributed by atoms with Gasteiger partial charge in [-0.25, -0.2) is 0 Å². The molecule has 2 amide bonds. The molecule has 0 aromatic rings. The molecule has 0 bridgehead atoms. The fourth-order valence-corrected chi connectivity index (χ4v) is 2.44. The Morgan fingerprint density at radius 1 is 1.56 bits per heavy atom. The molecule has 0 aromatic carbocycles. The van der Waals surface area contributed by atoms with Crippen molar-refractivity contribution in [2.45, 2.75) is 38.1 Å². The third-order valence-electron chi connectivity index (χ3n) is 3.83. The highest BCUT2D eigenvalue weighted by Gasteiger charge is 2.41. The molecule has 1 atom stereocenters. The molecule has 1 saturated heterocycles. The van der Waals surface area contributed by atoms with Gasteiger partial charge in [0.05, 0.1) is 12.1 Å². The SMILES string of the molecule is CC(CN)(NC(=O)CN1CCCC1=O)C1CC1.Cl. The zero-order valence-corrected chi connectivity index (χ0v) is 11.6. The zero-order chi connectivity index (χ0) is 12.5. The summed E-state index contributed by atoms with van der Waals surface area (Å²) in [5.41, 5.74) is 5.44. The predicted octanol–water partition coefficient (Wildman–Crippen LogP) is 0.274. The van der Waals surface area contributed by atoms with Gasteiger partial charge in [-0.15, -0.1) is 12.4 Å². The van der Waals surface area contributed by atoms with E-state index in [0.29, 0.717) is 25.4 Å². The smallest absolute Gasteiger partial charge is 0.240 e. The number of nitrogens with zero attached hydrogens (tertiary/aromatic N) is 1. The molecule has 1 heterocycles. The number of likely N-dealkylation sites (tertiary alicyclic amines) is 1. The van der Waals surface area contributed by atoms with Crippen molar-refractivity contribution >= 4 is 24.2 Å². The molecule has 2 fully saturated rings. The van der Waals surface area contributed by atoms with Gasteiger partial charge < -0.3 is 16.0 Å². The number of halogens is 1. The average Bonchev–Trinajstić information content (AvgIpc) is 3.06. The van der Waals surface area contributed by atoms with Gasteiger partial charge in [0.1, 0.15) is 0 Å². The Hall–Kier alpha value is -0.810. The van der Waals surface area contributed by atoms with Crippen LogP contribution < -0.4 is 11.1 Å². The van der Waals surface area contributed by atoms with Gasteiger partial charge in [-0.3, -0.25) is 9.59 Å². The Labute approximate surface area is 114 Å². The Morgan fingerprint density at radius 2 is 2.22 bits per heavy atom. The highest BCUT2D eigenvalue weighted by Crippen LogP contribution is 2.38. The van der Waals surface area contributed by atoms with Crippen molar-refractivity contribution in [2.24, 2.45) is 11.7 Å². The Kier molecular flexibility index (Phi) is 4.99. The van der Waals surface area contributed by atoms with Crippen LogP contribution in [0.25, 0.3) is 0 Å². The Morgan fingerprint density at radius 3 is 2.67 bits per heavy atom. The minimum absolute atomic E-state index is 0. The van der Waals surface area contributed by atoms with Crippen molar-refractivity contribution in [3.8, 4) is 0 Å². The topological polar surface area (TPSA) is 75.4 Å². The van der Waals surface area contributed by atoms with Gasteiger partial charge in [0, 0.05) is 19.5 Å². The average molecular weight is 276 g/mol. The summed E-state index contributed by atoms with van der Waals surface area (Å²) < 4.78 is 0. The third kappa shape index (κ3) is 3.36. The Balaban J connectivity index is 0.00000162. The van der Waals surface area contributed by atoms with Gasteiger partial charge in [0.2, 0.25) is 11.8 Å². The van der Waals surface area contributed by atoms with Crippen LogP contribution in [0.3, 0.4) is 0 Å². The molecule has 1 unspecified atom stereocenters. The van der Waals surface area contributed by atoms with Crippen molar-refractivity contribution < 1.29 is 9.59 Å². The van der Waals surface area contributed by atoms with Crippen LogP contribution in [-0.2, 0) is 9.59 Å². The molecule has 0 spiro atoms. The molecule has 1 saturated carbocycles. The van der Waals surface area contributed by atoms with Gasteiger partial charge in [-0.1, -0.05) is 0 Å². The third-order valence-corrected chi connectivity index (χ3v) is 3.83. The number of hydrogen-bond donors (Lipinski definition) is 2. The molecule has 104 valence electrons. The zero-order valence-electron chi connectivity index (χ0n) is 10.8. The lowest BCUT2D eigenvalue weighted by atomic mass is 9.96. The van der Waals surface area contributed by atoms with E-state index in [1.807, 2.05) is 6.92 Å². The predicted molar refractivity (Wildman–Crippen MR) is 71.4 cm³/mol. The minimum atomic E-state index is -0.292. The number of nitrogens with two attached hydrogens (primary N) is 1. The standard InChI is InChI=1S/C12H21N3O2.ClH/c1-12(8-13,9-4-5-9)14-10(16)7-15-6-2-3-11(15)17;/h9H,2-8,13H2,1H3,(H,14,16);1H. The van der Waals surface area contributed by atoms with Gasteiger partial charge in [0.15, 0.2) is 0 Å². The fraction of sp³-hybridized carbons (Fsp3) is 0.833. The van der Waals surface area contributed by atoms with Crippen molar-refractivity contribution in [1.29, 1.82) is 0 Å². The van der Waals surface area contributed by atoms with E-state index in [-0.39, 0.29) is 36.3 Å². The molecule has 2 rings (SSSR count). The molecule has 0 radical (unpaired) electrons. The van der Waals surface area contributed by atoms with Crippen LogP contribution in [0.15, 0.2) is 0 Å². The van der Waals surface area contributed by atoms with Gasteiger partial charge in [0.25, 0.3) is 0 Å². The molecule has 0 aromatic heterocycles. The molecular weight excluding hydrogens is 254 g/mol. The molecule has 1 aliphatic carbocycles. The second-order valence-corrected chi connectivity index (χ2v) is 5.36. The monoisotopic (exact) mass is 275 g/mol. The minimum Gasteiger partial charge on any atom is -0.348 e. The van der Waals surface area contributed by atoms with E-state index in [9.17, 15) is 9.59 Å². The summed E-state index contributed by atoms with van der Waals surface area (Å²) in [6, 6.07) is 0. The number of hydrogen-bond acceptors (Lipinski definition) is 3. The lowest BCUT2D eigenvalue weighted by Gasteiger charge is -2.30. The normalized spacial score (nSPS) is 22.3. The Bertz CT molecular complexity index is 333. The summed E-state index contributed by atoms with van der Waals surface area (Å²) in [5.74, 6) is 0.506. The van der Waals surface area contributed by atoms with Gasteiger partial charge in [-0.2, -0.15) is 0 Å². The molecule has 5 nitrogen and oxygen atoms in total. The second kappa shape index (κ2) is 5.89. The first-order valence-electron chi connectivity index (χ1n) is 6.34. The number of rotatable bonds is 5. The molecule has 6 heteroatoms. The highest BCUT2D eigenvalue weighted by molar-refractivity contribution is 5.86. The lowest BCUT2D eigenvalue weighted by molar-refractivity contribution is -0.133. The van der Waals surface area contributed by atoms with Crippen LogP contribution >= 0.6 is 12.4 Å². The molecule has 1 aliphatic heterocycles. The van der Waals surface area contributed by atoms with Crippen LogP contribution in [-0.4, -0.2) is 41.9 Å². The van der Waals surface area contributed by atoms with Crippen molar-refractivity contribution in [3.05, 3.63) is 0 Å². The van der Waals surface area contributed by atoms with Crippen molar-refractivity contribution in [2.75, 3.05) is 19.6 Å². The lowest BCUT2D eigenvalue weighted by Crippen LogP contribution is -2.55.